The molecule has 2 aromatic heterocycles. The highest BCUT2D eigenvalue weighted by Gasteiger charge is 2.15. The van der Waals surface area contributed by atoms with Crippen LogP contribution in [0.4, 0.5) is 8.78 Å². The number of nitrogens with zero attached hydrogens (tertiary/aromatic N) is 2. The largest absolute Gasteiger partial charge is 0.290 e. The number of aryl methyl sites for hydroxylation is 1. The van der Waals surface area contributed by atoms with Crippen LogP contribution in [-0.2, 0) is 0 Å². The molecule has 0 unspecified atom stereocenters. The molecule has 0 fully saturated rings. The van der Waals surface area contributed by atoms with Crippen LogP contribution in [0.5, 0.6) is 0 Å². The van der Waals surface area contributed by atoms with Crippen LogP contribution in [0.15, 0.2) is 30.6 Å². The molecule has 0 spiro atoms. The van der Waals surface area contributed by atoms with Crippen LogP contribution in [-0.4, -0.2) is 9.38 Å². The Bertz CT molecular complexity index is 700. The lowest BCUT2D eigenvalue weighted by Gasteiger charge is -2.03. The predicted octanol–water partition coefficient (Wildman–Crippen LogP) is 3.65. The monoisotopic (exact) mass is 250 g/mol. The van der Waals surface area contributed by atoms with Gasteiger partial charge < -0.3 is 0 Å². The van der Waals surface area contributed by atoms with Crippen molar-refractivity contribution >= 4 is 16.3 Å². The quantitative estimate of drug-likeness (QED) is 0.644. The van der Waals surface area contributed by atoms with Gasteiger partial charge in [-0.1, -0.05) is 0 Å². The second kappa shape index (κ2) is 3.63. The molecule has 0 N–H and O–H groups in total. The van der Waals surface area contributed by atoms with Gasteiger partial charge in [-0.05, 0) is 25.1 Å². The van der Waals surface area contributed by atoms with Crippen LogP contribution in [0.25, 0.3) is 16.2 Å². The van der Waals surface area contributed by atoms with Gasteiger partial charge in [-0.2, -0.15) is 0 Å². The maximum Gasteiger partial charge on any atom is 0.194 e. The Morgan fingerprint density at radius 2 is 2.12 bits per heavy atom. The van der Waals surface area contributed by atoms with E-state index in [-0.39, 0.29) is 5.56 Å². The smallest absolute Gasteiger partial charge is 0.194 e. The maximum atomic E-state index is 13.8. The average molecular weight is 250 g/mol. The first-order valence-electron chi connectivity index (χ1n) is 5.04. The molecule has 3 aromatic rings. The lowest BCUT2D eigenvalue weighted by atomic mass is 10.1. The molecule has 2 nitrogen and oxygen atoms in total. The van der Waals surface area contributed by atoms with Gasteiger partial charge in [0, 0.05) is 22.8 Å². The van der Waals surface area contributed by atoms with Crippen LogP contribution in [0.3, 0.4) is 0 Å². The van der Waals surface area contributed by atoms with E-state index in [1.807, 2.05) is 6.92 Å². The summed E-state index contributed by atoms with van der Waals surface area (Å²) in [5, 5.41) is 0. The molecule has 0 atom stereocenters. The number of rotatable bonds is 1. The minimum atomic E-state index is -0.444. The zero-order chi connectivity index (χ0) is 12.0. The lowest BCUT2D eigenvalue weighted by Crippen LogP contribution is -1.91. The third-order valence-corrected chi connectivity index (χ3v) is 3.59. The van der Waals surface area contributed by atoms with E-state index in [0.717, 1.165) is 22.0 Å². The number of fused-ring (bicyclic) bond motifs is 1. The Kier molecular flexibility index (Phi) is 2.22. The number of thiazole rings is 1. The Hall–Kier alpha value is -1.75. The highest BCUT2D eigenvalue weighted by molar-refractivity contribution is 7.17. The van der Waals surface area contributed by atoms with E-state index in [2.05, 4.69) is 4.98 Å². The number of hydrogen-bond donors (Lipinski definition) is 0. The third kappa shape index (κ3) is 1.54. The number of halogens is 2. The molecule has 0 aliphatic carbocycles. The Labute approximate surface area is 100 Å². The molecule has 0 saturated heterocycles. The molecule has 2 heterocycles. The van der Waals surface area contributed by atoms with Crippen molar-refractivity contribution in [3.63, 3.8) is 0 Å². The van der Waals surface area contributed by atoms with E-state index in [9.17, 15) is 8.78 Å². The van der Waals surface area contributed by atoms with Crippen LogP contribution in [0.1, 0.15) is 4.88 Å². The number of hydrogen-bond acceptors (Lipinski definition) is 2. The summed E-state index contributed by atoms with van der Waals surface area (Å²) >= 11 is 1.46. The minimum Gasteiger partial charge on any atom is -0.290 e. The molecule has 1 aromatic carbocycles. The topological polar surface area (TPSA) is 17.3 Å². The molecule has 86 valence electrons. The summed E-state index contributed by atoms with van der Waals surface area (Å²) < 4.78 is 28.7. The van der Waals surface area contributed by atoms with Crippen molar-refractivity contribution in [1.82, 2.24) is 9.38 Å². The molecule has 0 bridgehead atoms. The highest BCUT2D eigenvalue weighted by Crippen LogP contribution is 2.32. The van der Waals surface area contributed by atoms with Crippen LogP contribution >= 0.6 is 11.3 Å². The zero-order valence-corrected chi connectivity index (χ0v) is 9.76. The van der Waals surface area contributed by atoms with Crippen molar-refractivity contribution in [3.05, 3.63) is 47.1 Å². The highest BCUT2D eigenvalue weighted by atomic mass is 32.1. The molecule has 0 aliphatic heterocycles. The standard InChI is InChI=1S/C12H8F2N2S/c1-7-11(16-5-4-15-12(16)17-7)9-6-8(13)2-3-10(9)14/h2-6H,1H3. The van der Waals surface area contributed by atoms with Gasteiger partial charge in [0.25, 0.3) is 0 Å². The Balaban J connectivity index is 2.36. The molecular formula is C12H8F2N2S. The second-order valence-corrected chi connectivity index (χ2v) is 4.89. The fourth-order valence-corrected chi connectivity index (χ4v) is 2.83. The fourth-order valence-electron chi connectivity index (χ4n) is 1.89. The minimum absolute atomic E-state index is 0.270. The summed E-state index contributed by atoms with van der Waals surface area (Å²) in [7, 11) is 0. The molecule has 0 radical (unpaired) electrons. The van der Waals surface area contributed by atoms with Gasteiger partial charge in [-0.15, -0.1) is 11.3 Å². The van der Waals surface area contributed by atoms with E-state index in [4.69, 9.17) is 0 Å². The van der Waals surface area contributed by atoms with Crippen LogP contribution in [0, 0.1) is 18.6 Å². The fraction of sp³-hybridized carbons (Fsp3) is 0.0833. The molecule has 0 saturated carbocycles. The molecular weight excluding hydrogens is 242 g/mol. The molecule has 3 rings (SSSR count). The van der Waals surface area contributed by atoms with Crippen LogP contribution < -0.4 is 0 Å². The van der Waals surface area contributed by atoms with Gasteiger partial charge >= 0.3 is 0 Å². The first kappa shape index (κ1) is 10.4. The number of benzene rings is 1. The van der Waals surface area contributed by atoms with E-state index >= 15 is 0 Å². The summed E-state index contributed by atoms with van der Waals surface area (Å²) in [6, 6.07) is 3.47. The Morgan fingerprint density at radius 3 is 2.94 bits per heavy atom. The maximum absolute atomic E-state index is 13.8. The summed E-state index contributed by atoms with van der Waals surface area (Å²) in [5.41, 5.74) is 0.936. The van der Waals surface area contributed by atoms with E-state index in [1.54, 1.807) is 16.8 Å². The van der Waals surface area contributed by atoms with Crippen molar-refractivity contribution in [2.75, 3.05) is 0 Å². The van der Waals surface area contributed by atoms with Crippen LogP contribution in [0.2, 0.25) is 0 Å². The lowest BCUT2D eigenvalue weighted by molar-refractivity contribution is 0.602. The second-order valence-electron chi connectivity index (χ2n) is 3.71. The molecule has 5 heteroatoms. The van der Waals surface area contributed by atoms with Gasteiger partial charge in [0.1, 0.15) is 11.6 Å². The Morgan fingerprint density at radius 1 is 1.29 bits per heavy atom. The zero-order valence-electron chi connectivity index (χ0n) is 8.95. The van der Waals surface area contributed by atoms with Crippen molar-refractivity contribution in [3.8, 4) is 11.3 Å². The SMILES string of the molecule is Cc1sc2nccn2c1-c1cc(F)ccc1F. The van der Waals surface area contributed by atoms with Gasteiger partial charge in [0.15, 0.2) is 4.96 Å². The van der Waals surface area contributed by atoms with Gasteiger partial charge in [-0.3, -0.25) is 4.40 Å². The van der Waals surface area contributed by atoms with Gasteiger partial charge in [0.05, 0.1) is 5.69 Å². The van der Waals surface area contributed by atoms with Crippen molar-refractivity contribution in [1.29, 1.82) is 0 Å². The summed E-state index contributed by atoms with van der Waals surface area (Å²) in [4.78, 5) is 5.84. The molecule has 0 aliphatic rings. The van der Waals surface area contributed by atoms with E-state index in [1.165, 1.54) is 17.4 Å². The van der Waals surface area contributed by atoms with Crippen molar-refractivity contribution in [2.45, 2.75) is 6.92 Å². The number of imidazole rings is 1. The molecule has 17 heavy (non-hydrogen) atoms. The molecule has 0 amide bonds. The predicted molar refractivity (Wildman–Crippen MR) is 63.2 cm³/mol. The van der Waals surface area contributed by atoms with Crippen molar-refractivity contribution < 1.29 is 8.78 Å². The summed E-state index contributed by atoms with van der Waals surface area (Å²) in [6.07, 6.45) is 3.39. The van der Waals surface area contributed by atoms with Gasteiger partial charge in [0.2, 0.25) is 0 Å². The van der Waals surface area contributed by atoms with Gasteiger partial charge in [-0.25, -0.2) is 13.8 Å². The number of aromatic nitrogens is 2. The third-order valence-electron chi connectivity index (χ3n) is 2.61. The van der Waals surface area contributed by atoms with E-state index < -0.39 is 11.6 Å². The normalized spacial score (nSPS) is 11.2. The summed E-state index contributed by atoms with van der Waals surface area (Å²) in [6.45, 7) is 1.87. The van der Waals surface area contributed by atoms with Crippen molar-refractivity contribution in [2.24, 2.45) is 0 Å². The average Bonchev–Trinajstić information content (AvgIpc) is 2.82. The first-order valence-corrected chi connectivity index (χ1v) is 5.86. The summed E-state index contributed by atoms with van der Waals surface area (Å²) in [5.74, 6) is -0.872. The van der Waals surface area contributed by atoms with E-state index in [0.29, 0.717) is 5.69 Å². The first-order chi connectivity index (χ1) is 8.16.